The number of allylic oxidation sites excluding steroid dienone is 1. The van der Waals surface area contributed by atoms with E-state index < -0.39 is 91.7 Å². The van der Waals surface area contributed by atoms with Crippen LogP contribution in [0, 0.1) is 5.92 Å². The summed E-state index contributed by atoms with van der Waals surface area (Å²) in [4.78, 5) is 34.8. The quantitative estimate of drug-likeness (QED) is 0.0202. The van der Waals surface area contributed by atoms with Crippen LogP contribution in [0.15, 0.2) is 22.9 Å². The summed E-state index contributed by atoms with van der Waals surface area (Å²) in [6.07, 6.45) is -3.79. The second kappa shape index (κ2) is 36.9. The number of ether oxygens (including phenoxy) is 7. The fourth-order valence-electron chi connectivity index (χ4n) is 6.44. The molecule has 1 fully saturated rings. The fraction of sp³-hybridized carbons (Fsp3) is 0.837. The lowest BCUT2D eigenvalue weighted by Crippen LogP contribution is -2.64. The summed E-state index contributed by atoms with van der Waals surface area (Å²) < 4.78 is 40.0. The maximum atomic E-state index is 11.7. The van der Waals surface area contributed by atoms with Gasteiger partial charge in [-0.15, -0.1) is 0 Å². The number of amides is 3. The number of aliphatic hydroxyl groups is 10. The van der Waals surface area contributed by atoms with Crippen molar-refractivity contribution in [1.29, 1.82) is 0 Å². The van der Waals surface area contributed by atoms with Gasteiger partial charge in [-0.1, -0.05) is 0 Å². The van der Waals surface area contributed by atoms with Gasteiger partial charge in [0.15, 0.2) is 18.9 Å². The van der Waals surface area contributed by atoms with Gasteiger partial charge in [0.2, 0.25) is 17.7 Å². The van der Waals surface area contributed by atoms with E-state index in [2.05, 4.69) is 16.0 Å². The van der Waals surface area contributed by atoms with Crippen LogP contribution < -0.4 is 16.0 Å². The Labute approximate surface area is 387 Å². The molecule has 23 nitrogen and oxygen atoms in total. The number of hydrogen-bond acceptors (Lipinski definition) is 20. The van der Waals surface area contributed by atoms with Gasteiger partial charge in [-0.25, -0.2) is 0 Å². The van der Waals surface area contributed by atoms with Crippen molar-refractivity contribution in [3.05, 3.63) is 22.9 Å². The van der Waals surface area contributed by atoms with Crippen LogP contribution in [0.1, 0.15) is 97.8 Å². The molecule has 0 radical (unpaired) electrons. The van der Waals surface area contributed by atoms with Gasteiger partial charge in [0.1, 0.15) is 53.4 Å². The van der Waals surface area contributed by atoms with E-state index in [4.69, 9.17) is 43.4 Å². The van der Waals surface area contributed by atoms with Gasteiger partial charge in [0, 0.05) is 79.2 Å². The summed E-state index contributed by atoms with van der Waals surface area (Å²) in [6.45, 7) is 5.31. The first-order valence-electron chi connectivity index (χ1n) is 22.7. The Hall–Kier alpha value is -3.11. The average molecular weight is 958 g/mol. The van der Waals surface area contributed by atoms with Gasteiger partial charge < -0.3 is 100 Å². The molecule has 0 saturated carbocycles. The van der Waals surface area contributed by atoms with Crippen LogP contribution in [0.4, 0.5) is 0 Å². The van der Waals surface area contributed by atoms with E-state index >= 15 is 0 Å². The highest BCUT2D eigenvalue weighted by molar-refractivity contribution is 5.75. The minimum atomic E-state index is -1.71. The van der Waals surface area contributed by atoms with Crippen molar-refractivity contribution < 1.29 is 98.6 Å². The molecule has 0 aromatic rings. The third-order valence-electron chi connectivity index (χ3n) is 9.94. The Morgan fingerprint density at radius 1 is 0.606 bits per heavy atom. The van der Waals surface area contributed by atoms with E-state index in [1.54, 1.807) is 0 Å². The van der Waals surface area contributed by atoms with Crippen molar-refractivity contribution in [1.82, 2.24) is 16.0 Å². The van der Waals surface area contributed by atoms with Crippen LogP contribution in [0.5, 0.6) is 0 Å². The first-order chi connectivity index (χ1) is 31.6. The monoisotopic (exact) mass is 958 g/mol. The molecule has 1 saturated heterocycles. The first-order valence-corrected chi connectivity index (χ1v) is 22.7. The lowest BCUT2D eigenvalue weighted by Gasteiger charge is -2.42. The number of aliphatic hydroxyl groups excluding tert-OH is 10. The molecule has 3 amide bonds. The molecule has 9 atom stereocenters. The zero-order chi connectivity index (χ0) is 49.3. The Bertz CT molecular complexity index is 1390. The standard InChI is InChI=1S/C43H79N3O20/c1-28(50)44-35(32(53)14-13-16-47)41(58)63-21-10-4-7-18-60-25-31(26-61-19-8-5-11-22-64-42(59)36(45-29(2)51)38(55)33(54)15-17-48)27-62-20-9-6-12-23-65-43-37(46-30(3)52)40(57)39(56)34(24-49)66-43/h31,33-34,37,39-43,47-49,53-59H,4-27H2,1-3H3,(H,44,50)(H,45,51)(H,46,52)/b35-32+,38-36+/t31?,33-,34?,37?,39-,40?,41-,42-,43+/m0/s1. The SMILES string of the molecule is CC(=O)N/C(=C(/O)CCCO)[C@@H](O)OCCCCCOCC(COCCCCCO[C@@H]1OC(CO)[C@H](O)C(O)C1NC(C)=O)COCCCCCO[C@H](O)/C(NC(C)=O)=C(\O)[C@@H](O)CCO. The van der Waals surface area contributed by atoms with E-state index in [0.29, 0.717) is 91.0 Å². The normalized spacial score (nSPS) is 21.3. The highest BCUT2D eigenvalue weighted by Gasteiger charge is 2.45. The predicted molar refractivity (Wildman–Crippen MR) is 234 cm³/mol. The van der Waals surface area contributed by atoms with Crippen LogP contribution in [0.3, 0.4) is 0 Å². The second-order valence-corrected chi connectivity index (χ2v) is 15.9. The van der Waals surface area contributed by atoms with Crippen LogP contribution in [0.2, 0.25) is 0 Å². The molecule has 0 spiro atoms. The summed E-state index contributed by atoms with van der Waals surface area (Å²) in [6, 6.07) is -1.02. The Kier molecular flexibility index (Phi) is 34.0. The molecule has 23 heteroatoms. The average Bonchev–Trinajstić information content (AvgIpc) is 3.27. The maximum Gasteiger partial charge on any atom is 0.221 e. The van der Waals surface area contributed by atoms with Crippen LogP contribution >= 0.6 is 0 Å². The van der Waals surface area contributed by atoms with Crippen molar-refractivity contribution in [2.45, 2.75) is 147 Å². The molecule has 1 aliphatic heterocycles. The highest BCUT2D eigenvalue weighted by Crippen LogP contribution is 2.23. The topological polar surface area (TPSA) is 354 Å². The number of nitrogens with one attached hydrogen (secondary N) is 3. The number of hydrogen-bond donors (Lipinski definition) is 13. The molecule has 0 aliphatic carbocycles. The second-order valence-electron chi connectivity index (χ2n) is 15.9. The Morgan fingerprint density at radius 2 is 1.09 bits per heavy atom. The van der Waals surface area contributed by atoms with Crippen molar-refractivity contribution in [2.24, 2.45) is 5.92 Å². The molecule has 386 valence electrons. The van der Waals surface area contributed by atoms with Gasteiger partial charge in [-0.3, -0.25) is 14.4 Å². The third-order valence-corrected chi connectivity index (χ3v) is 9.94. The molecule has 0 aromatic heterocycles. The third kappa shape index (κ3) is 26.4. The van der Waals surface area contributed by atoms with Crippen molar-refractivity contribution in [3.8, 4) is 0 Å². The molecular formula is C43H79N3O20. The van der Waals surface area contributed by atoms with Crippen molar-refractivity contribution in [2.75, 3.05) is 79.3 Å². The molecular weight excluding hydrogens is 878 g/mol. The fourth-order valence-corrected chi connectivity index (χ4v) is 6.44. The van der Waals surface area contributed by atoms with Gasteiger partial charge in [-0.2, -0.15) is 0 Å². The van der Waals surface area contributed by atoms with Crippen LogP contribution in [0.25, 0.3) is 0 Å². The molecule has 1 aliphatic rings. The van der Waals surface area contributed by atoms with E-state index in [1.807, 2.05) is 0 Å². The molecule has 0 bridgehead atoms. The lowest BCUT2D eigenvalue weighted by molar-refractivity contribution is -0.270. The van der Waals surface area contributed by atoms with Crippen LogP contribution in [-0.4, -0.2) is 197 Å². The van der Waals surface area contributed by atoms with Gasteiger partial charge in [0.25, 0.3) is 0 Å². The summed E-state index contributed by atoms with van der Waals surface area (Å²) >= 11 is 0. The van der Waals surface area contributed by atoms with E-state index in [-0.39, 0.29) is 63.1 Å². The zero-order valence-corrected chi connectivity index (χ0v) is 38.7. The minimum Gasteiger partial charge on any atom is -0.510 e. The molecule has 4 unspecified atom stereocenters. The summed E-state index contributed by atoms with van der Waals surface area (Å²) in [5.74, 6) is -2.61. The van der Waals surface area contributed by atoms with Gasteiger partial charge >= 0.3 is 0 Å². The number of carbonyl (C=O) groups is 3. The summed E-state index contributed by atoms with van der Waals surface area (Å²) in [7, 11) is 0. The lowest BCUT2D eigenvalue weighted by atomic mass is 9.97. The first kappa shape index (κ1) is 60.9. The maximum absolute atomic E-state index is 11.7. The van der Waals surface area contributed by atoms with Gasteiger partial charge in [0.05, 0.1) is 39.6 Å². The predicted octanol–water partition coefficient (Wildman–Crippen LogP) is -0.879. The van der Waals surface area contributed by atoms with Crippen molar-refractivity contribution in [3.63, 3.8) is 0 Å². The smallest absolute Gasteiger partial charge is 0.221 e. The molecule has 1 rings (SSSR count). The minimum absolute atomic E-state index is 0.0581. The molecule has 1 heterocycles. The summed E-state index contributed by atoms with van der Waals surface area (Å²) in [5.41, 5.74) is -0.553. The number of carbonyl (C=O) groups excluding carboxylic acids is 3. The summed E-state index contributed by atoms with van der Waals surface area (Å²) in [5, 5.41) is 107. The van der Waals surface area contributed by atoms with E-state index in [1.165, 1.54) is 13.8 Å². The molecule has 13 N–H and O–H groups in total. The largest absolute Gasteiger partial charge is 0.510 e. The Morgan fingerprint density at radius 3 is 1.56 bits per heavy atom. The zero-order valence-electron chi connectivity index (χ0n) is 38.7. The van der Waals surface area contributed by atoms with Crippen molar-refractivity contribution >= 4 is 17.7 Å². The Balaban J connectivity index is 2.58. The molecule has 66 heavy (non-hydrogen) atoms. The van der Waals surface area contributed by atoms with E-state index in [0.717, 1.165) is 13.3 Å². The number of rotatable bonds is 39. The van der Waals surface area contributed by atoms with E-state index in [9.17, 15) is 55.2 Å². The van der Waals surface area contributed by atoms with Crippen LogP contribution in [-0.2, 0) is 47.5 Å². The highest BCUT2D eigenvalue weighted by atomic mass is 16.7. The molecule has 0 aromatic carbocycles. The number of unbranched alkanes of at least 4 members (excludes halogenated alkanes) is 6. The van der Waals surface area contributed by atoms with Gasteiger partial charge in [-0.05, 0) is 64.2 Å².